The van der Waals surface area contributed by atoms with Gasteiger partial charge in [0.25, 0.3) is 5.91 Å². The van der Waals surface area contributed by atoms with Crippen LogP contribution in [-0.2, 0) is 4.79 Å². The Labute approximate surface area is 161 Å². The standard InChI is InChI=1S/C20H16Cl2N2O2/c1-13(26-19-10-9-16(21)11-18(19)22)20(25)24-23-12-15-7-4-6-14-5-2-3-8-17(14)15/h2-13H,1H3,(H,24,25)/b23-12+. The summed E-state index contributed by atoms with van der Waals surface area (Å²) in [5.74, 6) is 0.00394. The van der Waals surface area contributed by atoms with Crippen molar-refractivity contribution in [1.29, 1.82) is 0 Å². The first-order valence-electron chi connectivity index (χ1n) is 7.97. The predicted molar refractivity (Wildman–Crippen MR) is 106 cm³/mol. The maximum atomic E-state index is 12.2. The molecule has 0 saturated carbocycles. The number of amides is 1. The number of carbonyl (C=O) groups is 1. The molecule has 1 N–H and O–H groups in total. The van der Waals surface area contributed by atoms with Crippen LogP contribution >= 0.6 is 23.2 Å². The van der Waals surface area contributed by atoms with Gasteiger partial charge >= 0.3 is 0 Å². The first-order chi connectivity index (χ1) is 12.5. The molecule has 0 heterocycles. The third-order valence-corrected chi connectivity index (χ3v) is 4.30. The third kappa shape index (κ3) is 4.34. The average Bonchev–Trinajstić information content (AvgIpc) is 2.64. The Hall–Kier alpha value is -2.56. The molecule has 132 valence electrons. The normalized spacial score (nSPS) is 12.3. The number of rotatable bonds is 5. The smallest absolute Gasteiger partial charge is 0.280 e. The fourth-order valence-electron chi connectivity index (χ4n) is 2.43. The number of halogens is 2. The largest absolute Gasteiger partial charge is 0.479 e. The minimum atomic E-state index is -0.765. The van der Waals surface area contributed by atoms with Crippen LogP contribution in [0.1, 0.15) is 12.5 Å². The lowest BCUT2D eigenvalue weighted by Gasteiger charge is -2.14. The van der Waals surface area contributed by atoms with Crippen LogP contribution < -0.4 is 10.2 Å². The van der Waals surface area contributed by atoms with Crippen LogP contribution in [0, 0.1) is 0 Å². The zero-order chi connectivity index (χ0) is 18.5. The number of nitrogens with zero attached hydrogens (tertiary/aromatic N) is 1. The molecule has 3 aromatic carbocycles. The van der Waals surface area contributed by atoms with Crippen molar-refractivity contribution in [3.63, 3.8) is 0 Å². The highest BCUT2D eigenvalue weighted by Crippen LogP contribution is 2.28. The van der Waals surface area contributed by atoms with Gasteiger partial charge in [-0.05, 0) is 35.9 Å². The lowest BCUT2D eigenvalue weighted by molar-refractivity contribution is -0.127. The summed E-state index contributed by atoms with van der Waals surface area (Å²) in [5, 5.41) is 7.04. The van der Waals surface area contributed by atoms with Crippen LogP contribution in [0.3, 0.4) is 0 Å². The van der Waals surface area contributed by atoms with Crippen LogP contribution in [-0.4, -0.2) is 18.2 Å². The second-order valence-corrected chi connectivity index (χ2v) is 6.48. The van der Waals surface area contributed by atoms with Gasteiger partial charge in [-0.15, -0.1) is 0 Å². The van der Waals surface area contributed by atoms with Gasteiger partial charge in [0.15, 0.2) is 6.10 Å². The van der Waals surface area contributed by atoms with Crippen LogP contribution in [0.5, 0.6) is 5.75 Å². The van der Waals surface area contributed by atoms with E-state index in [4.69, 9.17) is 27.9 Å². The monoisotopic (exact) mass is 386 g/mol. The Morgan fingerprint density at radius 3 is 2.69 bits per heavy atom. The Morgan fingerprint density at radius 1 is 1.12 bits per heavy atom. The molecule has 1 atom stereocenters. The highest BCUT2D eigenvalue weighted by Gasteiger charge is 2.15. The van der Waals surface area contributed by atoms with E-state index in [-0.39, 0.29) is 5.91 Å². The molecule has 0 bridgehead atoms. The van der Waals surface area contributed by atoms with Crippen LogP contribution in [0.2, 0.25) is 10.0 Å². The summed E-state index contributed by atoms with van der Waals surface area (Å²) in [6.07, 6.45) is 0.848. The van der Waals surface area contributed by atoms with Crippen molar-refractivity contribution in [3.05, 3.63) is 76.3 Å². The van der Waals surface area contributed by atoms with E-state index < -0.39 is 6.10 Å². The predicted octanol–water partition coefficient (Wildman–Crippen LogP) is 5.06. The van der Waals surface area contributed by atoms with E-state index in [1.807, 2.05) is 42.5 Å². The van der Waals surface area contributed by atoms with Crippen molar-refractivity contribution in [2.24, 2.45) is 5.10 Å². The summed E-state index contributed by atoms with van der Waals surface area (Å²) in [6.45, 7) is 1.62. The second-order valence-electron chi connectivity index (χ2n) is 5.64. The fourth-order valence-corrected chi connectivity index (χ4v) is 2.89. The molecule has 1 amide bonds. The average molecular weight is 387 g/mol. The van der Waals surface area contributed by atoms with E-state index >= 15 is 0 Å². The molecule has 0 saturated heterocycles. The number of nitrogens with one attached hydrogen (secondary N) is 1. The molecular formula is C20H16Cl2N2O2. The van der Waals surface area contributed by atoms with Gasteiger partial charge in [0.1, 0.15) is 5.75 Å². The molecule has 26 heavy (non-hydrogen) atoms. The van der Waals surface area contributed by atoms with Gasteiger partial charge in [-0.3, -0.25) is 4.79 Å². The molecule has 3 aromatic rings. The highest BCUT2D eigenvalue weighted by molar-refractivity contribution is 6.35. The van der Waals surface area contributed by atoms with Crippen molar-refractivity contribution in [2.75, 3.05) is 0 Å². The summed E-state index contributed by atoms with van der Waals surface area (Å²) >= 11 is 11.9. The lowest BCUT2D eigenvalue weighted by atomic mass is 10.1. The first-order valence-corrected chi connectivity index (χ1v) is 8.72. The number of ether oxygens (including phenoxy) is 1. The first kappa shape index (κ1) is 18.2. The number of hydrogen-bond acceptors (Lipinski definition) is 3. The molecule has 6 heteroatoms. The molecule has 0 fully saturated rings. The lowest BCUT2D eigenvalue weighted by Crippen LogP contribution is -2.33. The van der Waals surface area contributed by atoms with Crippen molar-refractivity contribution in [1.82, 2.24) is 5.43 Å². The summed E-state index contributed by atoms with van der Waals surface area (Å²) in [5.41, 5.74) is 3.40. The van der Waals surface area contributed by atoms with E-state index in [1.165, 1.54) is 0 Å². The summed E-state index contributed by atoms with van der Waals surface area (Å²) in [4.78, 5) is 12.2. The van der Waals surface area contributed by atoms with Gasteiger partial charge in [0, 0.05) is 10.6 Å². The maximum absolute atomic E-state index is 12.2. The fraction of sp³-hybridized carbons (Fsp3) is 0.100. The summed E-state index contributed by atoms with van der Waals surface area (Å²) in [7, 11) is 0. The molecule has 0 aliphatic rings. The third-order valence-electron chi connectivity index (χ3n) is 3.77. The molecule has 3 rings (SSSR count). The number of fused-ring (bicyclic) bond motifs is 1. The van der Waals surface area contributed by atoms with Gasteiger partial charge in [-0.2, -0.15) is 5.10 Å². The quantitative estimate of drug-likeness (QED) is 0.491. The number of hydrazone groups is 1. The molecule has 0 aromatic heterocycles. The van der Waals surface area contributed by atoms with Crippen molar-refractivity contribution >= 4 is 46.1 Å². The Balaban J connectivity index is 1.65. The van der Waals surface area contributed by atoms with E-state index in [2.05, 4.69) is 10.5 Å². The zero-order valence-corrected chi connectivity index (χ0v) is 15.5. The topological polar surface area (TPSA) is 50.7 Å². The molecular weight excluding hydrogens is 371 g/mol. The molecule has 0 aliphatic carbocycles. The second kappa shape index (κ2) is 8.21. The summed E-state index contributed by atoms with van der Waals surface area (Å²) in [6, 6.07) is 18.7. The van der Waals surface area contributed by atoms with E-state index in [0.717, 1.165) is 16.3 Å². The summed E-state index contributed by atoms with van der Waals surface area (Å²) < 4.78 is 5.56. The van der Waals surface area contributed by atoms with Gasteiger partial charge in [0.05, 0.1) is 11.2 Å². The highest BCUT2D eigenvalue weighted by atomic mass is 35.5. The van der Waals surface area contributed by atoms with Crippen molar-refractivity contribution in [3.8, 4) is 5.75 Å². The van der Waals surface area contributed by atoms with Gasteiger partial charge < -0.3 is 4.74 Å². The van der Waals surface area contributed by atoms with E-state index in [9.17, 15) is 4.79 Å². The van der Waals surface area contributed by atoms with Crippen LogP contribution in [0.25, 0.3) is 10.8 Å². The van der Waals surface area contributed by atoms with E-state index in [1.54, 1.807) is 31.3 Å². The zero-order valence-electron chi connectivity index (χ0n) is 13.9. The van der Waals surface area contributed by atoms with Crippen LogP contribution in [0.4, 0.5) is 0 Å². The minimum Gasteiger partial charge on any atom is -0.479 e. The maximum Gasteiger partial charge on any atom is 0.280 e. The van der Waals surface area contributed by atoms with Crippen LogP contribution in [0.15, 0.2) is 65.8 Å². The molecule has 1 unspecified atom stereocenters. The van der Waals surface area contributed by atoms with Crippen molar-refractivity contribution < 1.29 is 9.53 Å². The molecule has 0 aliphatic heterocycles. The Morgan fingerprint density at radius 2 is 1.88 bits per heavy atom. The van der Waals surface area contributed by atoms with Gasteiger partial charge in [-0.1, -0.05) is 65.7 Å². The number of benzene rings is 3. The molecule has 0 radical (unpaired) electrons. The van der Waals surface area contributed by atoms with Crippen molar-refractivity contribution in [2.45, 2.75) is 13.0 Å². The van der Waals surface area contributed by atoms with E-state index in [0.29, 0.717) is 15.8 Å². The SMILES string of the molecule is CC(Oc1ccc(Cl)cc1Cl)C(=O)N/N=C/c1cccc2ccccc12. The number of carbonyl (C=O) groups excluding carboxylic acids is 1. The minimum absolute atomic E-state index is 0.344. The molecule has 4 nitrogen and oxygen atoms in total. The Bertz CT molecular complexity index is 968. The molecule has 0 spiro atoms. The Kier molecular flexibility index (Phi) is 5.76. The van der Waals surface area contributed by atoms with Gasteiger partial charge in [0.2, 0.25) is 0 Å². The number of hydrogen-bond donors (Lipinski definition) is 1. The van der Waals surface area contributed by atoms with Gasteiger partial charge in [-0.25, -0.2) is 5.43 Å².